The first-order chi connectivity index (χ1) is 8.08. The number of amides is 1. The van der Waals surface area contributed by atoms with Gasteiger partial charge in [0.15, 0.2) is 6.61 Å². The Morgan fingerprint density at radius 2 is 2.29 bits per heavy atom. The zero-order valence-electron chi connectivity index (χ0n) is 9.52. The van der Waals surface area contributed by atoms with Crippen LogP contribution in [-0.4, -0.2) is 41.7 Å². The normalized spacial score (nSPS) is 15.6. The fourth-order valence-electron chi connectivity index (χ4n) is 1.63. The number of β-amino-alcohol motifs (C(OH)–C–C–N with tert-alkyl or cyclic N) is 1. The summed E-state index contributed by atoms with van der Waals surface area (Å²) < 4.78 is 5.41. The zero-order chi connectivity index (χ0) is 12.4. The number of aliphatic hydroxyl groups excluding tert-OH is 1. The number of halogens is 1. The topological polar surface area (TPSA) is 49.8 Å². The van der Waals surface area contributed by atoms with Crippen LogP contribution in [0.2, 0.25) is 5.02 Å². The van der Waals surface area contributed by atoms with Gasteiger partial charge >= 0.3 is 0 Å². The molecule has 1 aromatic carbocycles. The number of carbonyl (C=O) groups excluding carboxylic acids is 1. The Bertz CT molecular complexity index is 430. The average Bonchev–Trinajstić information content (AvgIpc) is 2.26. The lowest BCUT2D eigenvalue weighted by Gasteiger charge is -2.35. The third-order valence-electron chi connectivity index (χ3n) is 2.78. The van der Waals surface area contributed by atoms with E-state index in [1.807, 2.05) is 6.92 Å². The molecule has 0 aliphatic carbocycles. The van der Waals surface area contributed by atoms with Crippen molar-refractivity contribution in [2.24, 2.45) is 0 Å². The molecule has 0 unspecified atom stereocenters. The molecule has 1 aliphatic rings. The van der Waals surface area contributed by atoms with E-state index in [0.717, 1.165) is 5.56 Å². The van der Waals surface area contributed by atoms with Crippen molar-refractivity contribution in [1.29, 1.82) is 0 Å². The fraction of sp³-hybridized carbons (Fsp3) is 0.417. The summed E-state index contributed by atoms with van der Waals surface area (Å²) in [4.78, 5) is 13.2. The quantitative estimate of drug-likeness (QED) is 0.884. The molecule has 4 nitrogen and oxygen atoms in total. The molecule has 0 radical (unpaired) electrons. The summed E-state index contributed by atoms with van der Waals surface area (Å²) in [7, 11) is 0. The largest absolute Gasteiger partial charge is 0.483 e. The molecular formula is C12H14ClNO3. The smallest absolute Gasteiger partial charge is 0.260 e. The minimum absolute atomic E-state index is 0.0199. The molecule has 0 saturated carbocycles. The highest BCUT2D eigenvalue weighted by Gasteiger charge is 2.28. The summed E-state index contributed by atoms with van der Waals surface area (Å²) in [6, 6.07) is 5.33. The molecule has 0 aromatic heterocycles. The maximum Gasteiger partial charge on any atom is 0.260 e. The van der Waals surface area contributed by atoms with Gasteiger partial charge in [0, 0.05) is 23.7 Å². The van der Waals surface area contributed by atoms with Crippen molar-refractivity contribution < 1.29 is 14.6 Å². The van der Waals surface area contributed by atoms with Gasteiger partial charge in [-0.05, 0) is 19.1 Å². The molecule has 2 rings (SSSR count). The van der Waals surface area contributed by atoms with Gasteiger partial charge < -0.3 is 14.7 Å². The average molecular weight is 256 g/mol. The highest BCUT2D eigenvalue weighted by molar-refractivity contribution is 6.31. The molecule has 17 heavy (non-hydrogen) atoms. The van der Waals surface area contributed by atoms with E-state index in [2.05, 4.69) is 0 Å². The minimum Gasteiger partial charge on any atom is -0.483 e. The Labute approximate surface area is 105 Å². The Morgan fingerprint density at radius 3 is 2.94 bits per heavy atom. The number of benzene rings is 1. The van der Waals surface area contributed by atoms with Gasteiger partial charge in [0.25, 0.3) is 5.91 Å². The summed E-state index contributed by atoms with van der Waals surface area (Å²) in [6.45, 7) is 2.62. The van der Waals surface area contributed by atoms with E-state index in [1.54, 1.807) is 23.1 Å². The number of ether oxygens (including phenoxy) is 1. The molecule has 5 heteroatoms. The van der Waals surface area contributed by atoms with Crippen LogP contribution >= 0.6 is 11.6 Å². The van der Waals surface area contributed by atoms with E-state index in [4.69, 9.17) is 21.4 Å². The van der Waals surface area contributed by atoms with Gasteiger partial charge in [-0.15, -0.1) is 0 Å². The lowest BCUT2D eigenvalue weighted by molar-refractivity contribution is -0.143. The summed E-state index contributed by atoms with van der Waals surface area (Å²) in [6.07, 6.45) is -0.383. The number of carbonyl (C=O) groups is 1. The predicted octanol–water partition coefficient (Wildman–Crippen LogP) is 1.23. The van der Waals surface area contributed by atoms with E-state index in [-0.39, 0.29) is 18.6 Å². The van der Waals surface area contributed by atoms with Gasteiger partial charge in [-0.25, -0.2) is 0 Å². The SMILES string of the molecule is Cc1c(Cl)cccc1OCC(=O)N1CC(O)C1. The standard InChI is InChI=1S/C12H14ClNO3/c1-8-10(13)3-2-4-11(8)17-7-12(16)14-5-9(15)6-14/h2-4,9,15H,5-7H2,1H3. The van der Waals surface area contributed by atoms with Crippen LogP contribution in [0.1, 0.15) is 5.56 Å². The van der Waals surface area contributed by atoms with Gasteiger partial charge in [0.1, 0.15) is 5.75 Å². The van der Waals surface area contributed by atoms with Gasteiger partial charge in [-0.2, -0.15) is 0 Å². The second kappa shape index (κ2) is 4.94. The first-order valence-corrected chi connectivity index (χ1v) is 5.79. The molecule has 1 saturated heterocycles. The van der Waals surface area contributed by atoms with Crippen LogP contribution in [0.15, 0.2) is 18.2 Å². The lowest BCUT2D eigenvalue weighted by atomic mass is 10.2. The second-order valence-corrected chi connectivity index (χ2v) is 4.51. The first-order valence-electron chi connectivity index (χ1n) is 5.41. The van der Waals surface area contributed by atoms with E-state index in [0.29, 0.717) is 23.9 Å². The number of hydrogen-bond acceptors (Lipinski definition) is 3. The van der Waals surface area contributed by atoms with E-state index in [9.17, 15) is 4.79 Å². The van der Waals surface area contributed by atoms with Gasteiger partial charge in [-0.1, -0.05) is 17.7 Å². The van der Waals surface area contributed by atoms with Crippen LogP contribution in [0.5, 0.6) is 5.75 Å². The number of nitrogens with zero attached hydrogens (tertiary/aromatic N) is 1. The van der Waals surface area contributed by atoms with Crippen LogP contribution in [0.4, 0.5) is 0 Å². The van der Waals surface area contributed by atoms with Gasteiger partial charge in [0.05, 0.1) is 6.10 Å². The van der Waals surface area contributed by atoms with E-state index in [1.165, 1.54) is 0 Å². The lowest BCUT2D eigenvalue weighted by Crippen LogP contribution is -2.54. The first kappa shape index (κ1) is 12.2. The number of hydrogen-bond donors (Lipinski definition) is 1. The predicted molar refractivity (Wildman–Crippen MR) is 64.3 cm³/mol. The van der Waals surface area contributed by atoms with Crippen LogP contribution in [0, 0.1) is 6.92 Å². The molecule has 0 spiro atoms. The van der Waals surface area contributed by atoms with Crippen molar-refractivity contribution in [2.75, 3.05) is 19.7 Å². The number of rotatable bonds is 3. The Morgan fingerprint density at radius 1 is 1.59 bits per heavy atom. The maximum atomic E-state index is 11.6. The third kappa shape index (κ3) is 2.70. The minimum atomic E-state index is -0.383. The molecular weight excluding hydrogens is 242 g/mol. The molecule has 1 fully saturated rings. The van der Waals surface area contributed by atoms with Crippen molar-refractivity contribution in [3.8, 4) is 5.75 Å². The number of likely N-dealkylation sites (tertiary alicyclic amines) is 1. The highest BCUT2D eigenvalue weighted by atomic mass is 35.5. The molecule has 0 atom stereocenters. The summed E-state index contributed by atoms with van der Waals surface area (Å²) in [5.74, 6) is 0.501. The van der Waals surface area contributed by atoms with E-state index >= 15 is 0 Å². The van der Waals surface area contributed by atoms with Crippen molar-refractivity contribution in [1.82, 2.24) is 4.90 Å². The van der Waals surface area contributed by atoms with Crippen molar-refractivity contribution in [3.05, 3.63) is 28.8 Å². The molecule has 92 valence electrons. The van der Waals surface area contributed by atoms with Crippen molar-refractivity contribution in [2.45, 2.75) is 13.0 Å². The third-order valence-corrected chi connectivity index (χ3v) is 3.19. The molecule has 0 bridgehead atoms. The Hall–Kier alpha value is -1.26. The van der Waals surface area contributed by atoms with Gasteiger partial charge in [-0.3, -0.25) is 4.79 Å². The molecule has 1 N–H and O–H groups in total. The van der Waals surface area contributed by atoms with E-state index < -0.39 is 0 Å². The Balaban J connectivity index is 1.89. The summed E-state index contributed by atoms with van der Waals surface area (Å²) >= 11 is 5.94. The maximum absolute atomic E-state index is 11.6. The molecule has 1 amide bonds. The van der Waals surface area contributed by atoms with Crippen LogP contribution in [0.3, 0.4) is 0 Å². The molecule has 1 aromatic rings. The van der Waals surface area contributed by atoms with Crippen molar-refractivity contribution >= 4 is 17.5 Å². The summed E-state index contributed by atoms with van der Waals surface area (Å²) in [5.41, 5.74) is 0.825. The zero-order valence-corrected chi connectivity index (χ0v) is 10.3. The highest BCUT2D eigenvalue weighted by Crippen LogP contribution is 2.25. The van der Waals surface area contributed by atoms with Crippen LogP contribution < -0.4 is 4.74 Å². The second-order valence-electron chi connectivity index (χ2n) is 4.10. The monoisotopic (exact) mass is 255 g/mol. The summed E-state index contributed by atoms with van der Waals surface area (Å²) in [5, 5.41) is 9.70. The van der Waals surface area contributed by atoms with Crippen LogP contribution in [0.25, 0.3) is 0 Å². The number of aliphatic hydroxyl groups is 1. The van der Waals surface area contributed by atoms with Gasteiger partial charge in [0.2, 0.25) is 0 Å². The molecule has 1 heterocycles. The Kier molecular flexibility index (Phi) is 3.54. The van der Waals surface area contributed by atoms with Crippen LogP contribution in [-0.2, 0) is 4.79 Å². The fourth-order valence-corrected chi connectivity index (χ4v) is 1.80. The van der Waals surface area contributed by atoms with Crippen molar-refractivity contribution in [3.63, 3.8) is 0 Å². The molecule has 1 aliphatic heterocycles.